The van der Waals surface area contributed by atoms with E-state index in [0.29, 0.717) is 13.1 Å². The number of hydrogen-bond acceptors (Lipinski definition) is 5. The topological polar surface area (TPSA) is 64.8 Å². The summed E-state index contributed by atoms with van der Waals surface area (Å²) in [7, 11) is 1.65. The number of carbonyl (C=O) groups excluding carboxylic acids is 1. The lowest BCUT2D eigenvalue weighted by atomic mass is 9.96. The molecule has 0 spiro atoms. The Bertz CT molecular complexity index is 1110. The highest BCUT2D eigenvalue weighted by Gasteiger charge is 2.26. The molecule has 0 N–H and O–H groups in total. The largest absolute Gasteiger partial charge is 0.496 e. The first-order chi connectivity index (χ1) is 15.1. The Kier molecular flexibility index (Phi) is 5.14. The number of nitrogens with zero attached hydrogens (tertiary/aromatic N) is 2. The summed E-state index contributed by atoms with van der Waals surface area (Å²) in [4.78, 5) is 19.3. The van der Waals surface area contributed by atoms with Gasteiger partial charge in [0.1, 0.15) is 23.1 Å². The molecule has 2 aromatic carbocycles. The van der Waals surface area contributed by atoms with Gasteiger partial charge in [-0.3, -0.25) is 4.79 Å². The zero-order valence-electron chi connectivity index (χ0n) is 17.8. The molecule has 0 aliphatic carbocycles. The smallest absolute Gasteiger partial charge is 0.246 e. The molecule has 1 fully saturated rings. The third-order valence-electron chi connectivity index (χ3n) is 6.12. The molecule has 1 atom stereocenters. The first kappa shape index (κ1) is 19.7. The van der Waals surface area contributed by atoms with Crippen LogP contribution in [0.25, 0.3) is 17.2 Å². The van der Waals surface area contributed by atoms with Crippen molar-refractivity contribution in [2.75, 3.05) is 20.2 Å². The highest BCUT2D eigenvalue weighted by molar-refractivity contribution is 5.92. The number of benzene rings is 2. The third kappa shape index (κ3) is 3.90. The van der Waals surface area contributed by atoms with Crippen molar-refractivity contribution in [1.29, 1.82) is 0 Å². The molecule has 0 saturated carbocycles. The molecule has 2 aliphatic rings. The van der Waals surface area contributed by atoms with Crippen molar-refractivity contribution >= 4 is 23.1 Å². The molecule has 1 saturated heterocycles. The summed E-state index contributed by atoms with van der Waals surface area (Å²) in [6.07, 6.45) is 6.19. The van der Waals surface area contributed by atoms with Crippen molar-refractivity contribution in [1.82, 2.24) is 9.88 Å². The van der Waals surface area contributed by atoms with Gasteiger partial charge in [0.05, 0.1) is 7.11 Å². The van der Waals surface area contributed by atoms with E-state index in [9.17, 15) is 4.79 Å². The minimum absolute atomic E-state index is 0.00727. The zero-order chi connectivity index (χ0) is 21.4. The lowest BCUT2D eigenvalue weighted by Gasteiger charge is -2.29. The summed E-state index contributed by atoms with van der Waals surface area (Å²) in [5, 5.41) is 0. The lowest BCUT2D eigenvalue weighted by Crippen LogP contribution is -2.36. The van der Waals surface area contributed by atoms with E-state index in [1.54, 1.807) is 13.2 Å². The highest BCUT2D eigenvalue weighted by Crippen LogP contribution is 2.36. The average molecular weight is 418 g/mol. The number of carbonyl (C=O) groups is 1. The summed E-state index contributed by atoms with van der Waals surface area (Å²) in [6, 6.07) is 11.8. The number of fused-ring (bicyclic) bond motifs is 2. The Balaban J connectivity index is 1.24. The molecule has 6 nitrogen and oxygen atoms in total. The number of oxazole rings is 1. The molecule has 31 heavy (non-hydrogen) atoms. The minimum atomic E-state index is 0.00727. The summed E-state index contributed by atoms with van der Waals surface area (Å²) >= 11 is 0. The number of piperidine rings is 1. The van der Waals surface area contributed by atoms with E-state index in [1.165, 1.54) is 0 Å². The summed E-state index contributed by atoms with van der Waals surface area (Å²) < 4.78 is 17.3. The third-order valence-corrected chi connectivity index (χ3v) is 6.12. The lowest BCUT2D eigenvalue weighted by molar-refractivity contribution is -0.127. The number of methoxy groups -OCH3 is 1. The van der Waals surface area contributed by atoms with Gasteiger partial charge >= 0.3 is 0 Å². The van der Waals surface area contributed by atoms with E-state index in [4.69, 9.17) is 13.9 Å². The predicted molar refractivity (Wildman–Crippen MR) is 118 cm³/mol. The fourth-order valence-corrected chi connectivity index (χ4v) is 4.44. The van der Waals surface area contributed by atoms with Crippen LogP contribution in [0.4, 0.5) is 0 Å². The van der Waals surface area contributed by atoms with Gasteiger partial charge in [-0.15, -0.1) is 0 Å². The first-order valence-corrected chi connectivity index (χ1v) is 10.8. The number of rotatable bonds is 4. The highest BCUT2D eigenvalue weighted by atomic mass is 16.5. The van der Waals surface area contributed by atoms with Crippen LogP contribution >= 0.6 is 0 Å². The van der Waals surface area contributed by atoms with Crippen LogP contribution in [0.5, 0.6) is 11.5 Å². The molecule has 1 aromatic heterocycles. The van der Waals surface area contributed by atoms with Crippen LogP contribution in [0.15, 0.2) is 46.9 Å². The monoisotopic (exact) mass is 418 g/mol. The molecule has 3 aromatic rings. The van der Waals surface area contributed by atoms with Crippen LogP contribution < -0.4 is 9.47 Å². The van der Waals surface area contributed by atoms with E-state index in [1.807, 2.05) is 47.4 Å². The van der Waals surface area contributed by atoms with Gasteiger partial charge in [-0.25, -0.2) is 4.98 Å². The molecule has 1 amide bonds. The maximum absolute atomic E-state index is 12.8. The number of amides is 1. The molecule has 0 unspecified atom stereocenters. The minimum Gasteiger partial charge on any atom is -0.496 e. The fourth-order valence-electron chi connectivity index (χ4n) is 4.44. The van der Waals surface area contributed by atoms with Crippen LogP contribution in [-0.2, 0) is 11.2 Å². The number of likely N-dealkylation sites (tertiary alicyclic amines) is 1. The average Bonchev–Trinajstić information content (AvgIpc) is 3.38. The molecule has 3 heterocycles. The maximum atomic E-state index is 12.8. The quantitative estimate of drug-likeness (QED) is 0.581. The van der Waals surface area contributed by atoms with Crippen molar-refractivity contribution in [2.24, 2.45) is 0 Å². The van der Waals surface area contributed by atoms with Gasteiger partial charge in [0.15, 0.2) is 11.5 Å². The van der Waals surface area contributed by atoms with E-state index < -0.39 is 0 Å². The van der Waals surface area contributed by atoms with Gasteiger partial charge in [-0.1, -0.05) is 12.1 Å². The van der Waals surface area contributed by atoms with Gasteiger partial charge in [0, 0.05) is 42.6 Å². The molecule has 6 heteroatoms. The van der Waals surface area contributed by atoms with Gasteiger partial charge in [-0.05, 0) is 50.1 Å². The van der Waals surface area contributed by atoms with Crippen LogP contribution in [0, 0.1) is 0 Å². The summed E-state index contributed by atoms with van der Waals surface area (Å²) in [5.74, 6) is 2.67. The fraction of sp³-hybridized carbons (Fsp3) is 0.360. The van der Waals surface area contributed by atoms with Crippen molar-refractivity contribution in [3.05, 3.63) is 59.5 Å². The Morgan fingerprint density at radius 3 is 2.81 bits per heavy atom. The Hall–Kier alpha value is -3.28. The van der Waals surface area contributed by atoms with Crippen LogP contribution in [0.1, 0.15) is 42.7 Å². The van der Waals surface area contributed by atoms with Crippen molar-refractivity contribution < 1.29 is 18.7 Å². The standard InChI is InChI=1S/C25H26N2O4/c1-16-13-19-15-22(29-2)18(14-23(19)30-16)7-8-24(28)27-11-9-17(10-12-27)25-26-20-5-3-4-6-21(20)31-25/h3-8,14-17H,9-13H2,1-2H3/b8-7+/t16-/m1/s1. The Labute approximate surface area is 181 Å². The number of aromatic nitrogens is 1. The molecule has 0 radical (unpaired) electrons. The molecule has 2 aliphatic heterocycles. The van der Waals surface area contributed by atoms with Crippen molar-refractivity contribution in [3.63, 3.8) is 0 Å². The van der Waals surface area contributed by atoms with E-state index in [2.05, 4.69) is 11.9 Å². The predicted octanol–water partition coefficient (Wildman–Crippen LogP) is 4.58. The van der Waals surface area contributed by atoms with Gasteiger partial charge in [0.25, 0.3) is 0 Å². The van der Waals surface area contributed by atoms with Gasteiger partial charge in [-0.2, -0.15) is 0 Å². The molecular formula is C25H26N2O4. The molecule has 160 valence electrons. The number of ether oxygens (including phenoxy) is 2. The van der Waals surface area contributed by atoms with Crippen LogP contribution in [-0.4, -0.2) is 42.1 Å². The SMILES string of the molecule is COc1cc2c(cc1/C=C/C(=O)N1CCC(c3nc4ccccc4o3)CC1)O[C@H](C)C2. The second kappa shape index (κ2) is 8.10. The number of hydrogen-bond donors (Lipinski definition) is 0. The normalized spacial score (nSPS) is 19.0. The van der Waals surface area contributed by atoms with Crippen LogP contribution in [0.2, 0.25) is 0 Å². The first-order valence-electron chi connectivity index (χ1n) is 10.8. The van der Waals surface area contributed by atoms with Crippen LogP contribution in [0.3, 0.4) is 0 Å². The van der Waals surface area contributed by atoms with Gasteiger partial charge in [0.2, 0.25) is 5.91 Å². The second-order valence-corrected chi connectivity index (χ2v) is 8.29. The Morgan fingerprint density at radius 1 is 1.23 bits per heavy atom. The molecule has 5 rings (SSSR count). The van der Waals surface area contributed by atoms with Crippen molar-refractivity contribution in [3.8, 4) is 11.5 Å². The maximum Gasteiger partial charge on any atom is 0.246 e. The van der Waals surface area contributed by atoms with E-state index in [-0.39, 0.29) is 17.9 Å². The summed E-state index contributed by atoms with van der Waals surface area (Å²) in [5.41, 5.74) is 3.71. The van der Waals surface area contributed by atoms with Gasteiger partial charge < -0.3 is 18.8 Å². The Morgan fingerprint density at radius 2 is 2.03 bits per heavy atom. The molecule has 0 bridgehead atoms. The zero-order valence-corrected chi connectivity index (χ0v) is 17.8. The summed E-state index contributed by atoms with van der Waals surface area (Å²) in [6.45, 7) is 3.43. The van der Waals surface area contributed by atoms with E-state index >= 15 is 0 Å². The molecular weight excluding hydrogens is 392 g/mol. The van der Waals surface area contributed by atoms with E-state index in [0.717, 1.165) is 58.9 Å². The van der Waals surface area contributed by atoms with Crippen molar-refractivity contribution in [2.45, 2.75) is 38.2 Å². The second-order valence-electron chi connectivity index (χ2n) is 8.29. The number of para-hydroxylation sites is 2.